The van der Waals surface area contributed by atoms with Crippen molar-refractivity contribution in [3.63, 3.8) is 0 Å². The van der Waals surface area contributed by atoms with Crippen molar-refractivity contribution in [3.05, 3.63) is 5.69 Å². The normalized spacial score (nSPS) is 22.9. The maximum atomic E-state index is 9.47. The van der Waals surface area contributed by atoms with Gasteiger partial charge < -0.3 is 16.2 Å². The van der Waals surface area contributed by atoms with Gasteiger partial charge in [-0.15, -0.1) is 0 Å². The molecule has 2 rings (SSSR count). The van der Waals surface area contributed by atoms with E-state index >= 15 is 0 Å². The summed E-state index contributed by atoms with van der Waals surface area (Å²) < 4.78 is 1.84. The molecule has 0 aliphatic heterocycles. The van der Waals surface area contributed by atoms with Gasteiger partial charge in [-0.05, 0) is 31.1 Å². The molecule has 2 unspecified atom stereocenters. The highest BCUT2D eigenvalue weighted by Gasteiger charge is 2.25. The number of aliphatic hydroxyl groups excluding tert-OH is 1. The zero-order valence-corrected chi connectivity index (χ0v) is 12.7. The van der Waals surface area contributed by atoms with Crippen molar-refractivity contribution in [3.8, 4) is 0 Å². The lowest BCUT2D eigenvalue weighted by molar-refractivity contribution is 0.141. The first-order valence-corrected chi connectivity index (χ1v) is 7.83. The van der Waals surface area contributed by atoms with Crippen LogP contribution >= 0.6 is 0 Å². The van der Waals surface area contributed by atoms with E-state index in [-0.39, 0.29) is 0 Å². The van der Waals surface area contributed by atoms with Crippen LogP contribution in [-0.2, 0) is 13.5 Å². The van der Waals surface area contributed by atoms with E-state index in [1.54, 1.807) is 0 Å². The van der Waals surface area contributed by atoms with Crippen molar-refractivity contribution in [1.29, 1.82) is 0 Å². The van der Waals surface area contributed by atoms with E-state index in [1.807, 2.05) is 11.7 Å². The number of nitrogen functional groups attached to an aromatic ring is 1. The van der Waals surface area contributed by atoms with Gasteiger partial charge >= 0.3 is 0 Å². The third-order valence-corrected chi connectivity index (χ3v) is 4.48. The lowest BCUT2D eigenvalue weighted by Gasteiger charge is -2.30. The first-order valence-electron chi connectivity index (χ1n) is 7.83. The molecule has 114 valence electrons. The largest absolute Gasteiger partial charge is 0.396 e. The van der Waals surface area contributed by atoms with E-state index in [9.17, 15) is 5.11 Å². The van der Waals surface area contributed by atoms with E-state index in [1.165, 1.54) is 19.3 Å². The Labute approximate surface area is 121 Å². The fraction of sp³-hybridized carbons (Fsp3) is 0.800. The topological polar surface area (TPSA) is 76.1 Å². The van der Waals surface area contributed by atoms with E-state index in [2.05, 4.69) is 17.3 Å². The minimum atomic E-state index is 0.300. The summed E-state index contributed by atoms with van der Waals surface area (Å²) in [4.78, 5) is 0. The molecule has 1 heterocycles. The Kier molecular flexibility index (Phi) is 5.29. The minimum Gasteiger partial charge on any atom is -0.396 e. The number of rotatable bonds is 6. The summed E-state index contributed by atoms with van der Waals surface area (Å²) in [6.07, 6.45) is 6.82. The summed E-state index contributed by atoms with van der Waals surface area (Å²) in [5.74, 6) is 1.90. The molecule has 5 nitrogen and oxygen atoms in total. The van der Waals surface area contributed by atoms with Crippen molar-refractivity contribution in [2.45, 2.75) is 45.4 Å². The smallest absolute Gasteiger partial charge is 0.147 e. The van der Waals surface area contributed by atoms with Crippen molar-refractivity contribution >= 4 is 11.5 Å². The van der Waals surface area contributed by atoms with Gasteiger partial charge in [0, 0.05) is 20.2 Å². The number of anilines is 2. The predicted octanol–water partition coefficient (Wildman–Crippen LogP) is 2.17. The first-order chi connectivity index (χ1) is 9.67. The quantitative estimate of drug-likeness (QED) is 0.746. The van der Waals surface area contributed by atoms with Gasteiger partial charge in [-0.2, -0.15) is 5.10 Å². The third-order valence-electron chi connectivity index (χ3n) is 4.48. The molecule has 0 spiro atoms. The van der Waals surface area contributed by atoms with Gasteiger partial charge in [-0.3, -0.25) is 4.68 Å². The fourth-order valence-corrected chi connectivity index (χ4v) is 3.25. The van der Waals surface area contributed by atoms with Crippen LogP contribution < -0.4 is 11.1 Å². The summed E-state index contributed by atoms with van der Waals surface area (Å²) in [5, 5.41) is 17.4. The average molecular weight is 280 g/mol. The Balaban J connectivity index is 1.99. The monoisotopic (exact) mass is 280 g/mol. The molecular weight excluding hydrogens is 252 g/mol. The Morgan fingerprint density at radius 3 is 2.70 bits per heavy atom. The van der Waals surface area contributed by atoms with E-state index in [4.69, 9.17) is 5.73 Å². The highest BCUT2D eigenvalue weighted by atomic mass is 16.3. The van der Waals surface area contributed by atoms with Gasteiger partial charge in [-0.1, -0.05) is 26.2 Å². The molecule has 20 heavy (non-hydrogen) atoms. The molecule has 1 saturated carbocycles. The average Bonchev–Trinajstić information content (AvgIpc) is 2.72. The SMILES string of the molecule is CCCc1nn(C)c(NCC2CCCCC2CO)c1N. The maximum Gasteiger partial charge on any atom is 0.147 e. The van der Waals surface area contributed by atoms with Crippen LogP contribution in [-0.4, -0.2) is 28.0 Å². The molecule has 1 aromatic rings. The van der Waals surface area contributed by atoms with Crippen LogP contribution in [0.3, 0.4) is 0 Å². The Morgan fingerprint density at radius 1 is 1.35 bits per heavy atom. The molecule has 5 heteroatoms. The number of hydrogen-bond donors (Lipinski definition) is 3. The molecule has 1 aromatic heterocycles. The zero-order valence-electron chi connectivity index (χ0n) is 12.7. The highest BCUT2D eigenvalue weighted by Crippen LogP contribution is 2.31. The van der Waals surface area contributed by atoms with Gasteiger partial charge in [0.2, 0.25) is 0 Å². The van der Waals surface area contributed by atoms with Crippen LogP contribution in [0.25, 0.3) is 0 Å². The number of aromatic nitrogens is 2. The van der Waals surface area contributed by atoms with Gasteiger partial charge in [0.05, 0.1) is 11.4 Å². The molecule has 0 radical (unpaired) electrons. The predicted molar refractivity (Wildman–Crippen MR) is 82.6 cm³/mol. The number of aliphatic hydroxyl groups is 1. The number of nitrogens with one attached hydrogen (secondary N) is 1. The Morgan fingerprint density at radius 2 is 2.05 bits per heavy atom. The molecule has 1 fully saturated rings. The number of hydrogen-bond acceptors (Lipinski definition) is 4. The van der Waals surface area contributed by atoms with Crippen LogP contribution in [0.4, 0.5) is 11.5 Å². The molecular formula is C15H28N4O. The molecule has 2 atom stereocenters. The number of nitrogens with zero attached hydrogens (tertiary/aromatic N) is 2. The summed E-state index contributed by atoms with van der Waals surface area (Å²) in [5.41, 5.74) is 7.95. The minimum absolute atomic E-state index is 0.300. The van der Waals surface area contributed by atoms with Crippen LogP contribution in [0.5, 0.6) is 0 Å². The lowest BCUT2D eigenvalue weighted by atomic mass is 9.79. The van der Waals surface area contributed by atoms with E-state index < -0.39 is 0 Å². The Hall–Kier alpha value is -1.23. The number of nitrogens with two attached hydrogens (primary N) is 1. The van der Waals surface area contributed by atoms with Crippen LogP contribution in [0, 0.1) is 11.8 Å². The molecule has 0 bridgehead atoms. The molecule has 1 aliphatic carbocycles. The van der Waals surface area contributed by atoms with Crippen molar-refractivity contribution in [2.24, 2.45) is 18.9 Å². The first kappa shape index (κ1) is 15.2. The summed E-state index contributed by atoms with van der Waals surface area (Å²) in [7, 11) is 1.93. The standard InChI is InChI=1S/C15H28N4O/c1-3-6-13-14(16)15(19(2)18-13)17-9-11-7-4-5-8-12(11)10-20/h11-12,17,20H,3-10,16H2,1-2H3. The van der Waals surface area contributed by atoms with Gasteiger partial charge in [0.25, 0.3) is 0 Å². The van der Waals surface area contributed by atoms with Crippen molar-refractivity contribution in [2.75, 3.05) is 24.2 Å². The molecule has 4 N–H and O–H groups in total. The van der Waals surface area contributed by atoms with Crippen LogP contribution in [0.1, 0.15) is 44.7 Å². The fourth-order valence-electron chi connectivity index (χ4n) is 3.25. The lowest BCUT2D eigenvalue weighted by Crippen LogP contribution is -2.29. The molecule has 0 aromatic carbocycles. The van der Waals surface area contributed by atoms with E-state index in [0.717, 1.165) is 43.0 Å². The van der Waals surface area contributed by atoms with Gasteiger partial charge in [0.15, 0.2) is 0 Å². The molecule has 0 amide bonds. The zero-order chi connectivity index (χ0) is 14.5. The van der Waals surface area contributed by atoms with Gasteiger partial charge in [0.1, 0.15) is 5.82 Å². The Bertz CT molecular complexity index is 430. The second-order valence-electron chi connectivity index (χ2n) is 5.95. The van der Waals surface area contributed by atoms with E-state index in [0.29, 0.717) is 18.4 Å². The van der Waals surface area contributed by atoms with Crippen molar-refractivity contribution in [1.82, 2.24) is 9.78 Å². The summed E-state index contributed by atoms with van der Waals surface area (Å²) in [6, 6.07) is 0. The number of aryl methyl sites for hydroxylation is 2. The highest BCUT2D eigenvalue weighted by molar-refractivity contribution is 5.65. The van der Waals surface area contributed by atoms with Crippen LogP contribution in [0.15, 0.2) is 0 Å². The summed E-state index contributed by atoms with van der Waals surface area (Å²) >= 11 is 0. The third kappa shape index (κ3) is 3.26. The second kappa shape index (κ2) is 6.97. The second-order valence-corrected chi connectivity index (χ2v) is 5.95. The maximum absolute atomic E-state index is 9.47. The molecule has 0 saturated heterocycles. The molecule has 1 aliphatic rings. The van der Waals surface area contributed by atoms with Gasteiger partial charge in [-0.25, -0.2) is 0 Å². The van der Waals surface area contributed by atoms with Crippen molar-refractivity contribution < 1.29 is 5.11 Å². The summed E-state index contributed by atoms with van der Waals surface area (Å²) in [6.45, 7) is 3.31. The van der Waals surface area contributed by atoms with Crippen LogP contribution in [0.2, 0.25) is 0 Å².